The van der Waals surface area contributed by atoms with Gasteiger partial charge in [-0.1, -0.05) is 35.9 Å². The average Bonchev–Trinajstić information content (AvgIpc) is 2.80. The molecule has 1 fully saturated rings. The molecular weight excluding hydrogens is 410 g/mol. The van der Waals surface area contributed by atoms with Gasteiger partial charge in [-0.05, 0) is 53.8 Å². The lowest BCUT2D eigenvalue weighted by molar-refractivity contribution is 0.0594. The summed E-state index contributed by atoms with van der Waals surface area (Å²) in [5, 5.41) is 0.702. The fourth-order valence-corrected chi connectivity index (χ4v) is 4.92. The van der Waals surface area contributed by atoms with Crippen LogP contribution in [0.4, 0.5) is 0 Å². The SMILES string of the molecule is O=C(c1ccncc1)N1C[C@@H]2C[C@H](C1)c1c(/C=C/c3ccc(Cl)cc3)ccc(=O)n1C2. The normalized spacial score (nSPS) is 20.0. The van der Waals surface area contributed by atoms with Gasteiger partial charge in [-0.3, -0.25) is 14.6 Å². The van der Waals surface area contributed by atoms with E-state index in [0.29, 0.717) is 30.2 Å². The number of piperidine rings is 1. The van der Waals surface area contributed by atoms with E-state index in [0.717, 1.165) is 23.2 Å². The third kappa shape index (κ3) is 3.93. The number of benzene rings is 1. The number of amides is 1. The average molecular weight is 432 g/mol. The molecule has 1 amide bonds. The first-order valence-electron chi connectivity index (χ1n) is 10.4. The Morgan fingerprint density at radius 1 is 0.968 bits per heavy atom. The summed E-state index contributed by atoms with van der Waals surface area (Å²) < 4.78 is 1.91. The van der Waals surface area contributed by atoms with Gasteiger partial charge in [0.2, 0.25) is 0 Å². The molecule has 2 atom stereocenters. The van der Waals surface area contributed by atoms with Crippen LogP contribution in [0.2, 0.25) is 5.02 Å². The van der Waals surface area contributed by atoms with E-state index in [1.165, 1.54) is 0 Å². The minimum atomic E-state index is 0.0297. The van der Waals surface area contributed by atoms with Crippen molar-refractivity contribution in [3.05, 3.63) is 98.7 Å². The molecule has 2 aromatic heterocycles. The lowest BCUT2D eigenvalue weighted by Gasteiger charge is -2.43. The van der Waals surface area contributed by atoms with Gasteiger partial charge < -0.3 is 9.47 Å². The molecule has 0 aliphatic carbocycles. The summed E-state index contributed by atoms with van der Waals surface area (Å²) >= 11 is 5.98. The molecule has 2 bridgehead atoms. The minimum Gasteiger partial charge on any atom is -0.338 e. The standard InChI is InChI=1S/C25H22ClN3O2/c26-22-6-2-17(3-7-22)1-4-19-5-8-23(30)29-15-18-13-21(24(19)29)16-28(14-18)25(31)20-9-11-27-12-10-20/h1-12,18,21H,13-16H2/b4-1+/t18-,21+/m0/s1. The van der Waals surface area contributed by atoms with Crippen molar-refractivity contribution in [1.29, 1.82) is 0 Å². The van der Waals surface area contributed by atoms with Crippen LogP contribution >= 0.6 is 11.6 Å². The second-order valence-electron chi connectivity index (χ2n) is 8.25. The Morgan fingerprint density at radius 3 is 2.52 bits per heavy atom. The highest BCUT2D eigenvalue weighted by atomic mass is 35.5. The number of hydrogen-bond acceptors (Lipinski definition) is 3. The van der Waals surface area contributed by atoms with Crippen molar-refractivity contribution in [1.82, 2.24) is 14.5 Å². The third-order valence-electron chi connectivity index (χ3n) is 6.16. The zero-order valence-electron chi connectivity index (χ0n) is 16.9. The molecule has 6 heteroatoms. The summed E-state index contributed by atoms with van der Waals surface area (Å²) in [6.07, 6.45) is 8.37. The predicted molar refractivity (Wildman–Crippen MR) is 122 cm³/mol. The van der Waals surface area contributed by atoms with Gasteiger partial charge in [-0.25, -0.2) is 0 Å². The van der Waals surface area contributed by atoms with Crippen LogP contribution in [0.25, 0.3) is 12.2 Å². The predicted octanol–water partition coefficient (Wildman–Crippen LogP) is 4.33. The van der Waals surface area contributed by atoms with Crippen LogP contribution in [-0.2, 0) is 6.54 Å². The van der Waals surface area contributed by atoms with Gasteiger partial charge in [0.1, 0.15) is 0 Å². The zero-order valence-corrected chi connectivity index (χ0v) is 17.7. The molecule has 1 saturated heterocycles. The van der Waals surface area contributed by atoms with Crippen LogP contribution in [0, 0.1) is 5.92 Å². The molecule has 3 aromatic rings. The van der Waals surface area contributed by atoms with E-state index < -0.39 is 0 Å². The Hall–Kier alpha value is -3.18. The number of halogens is 1. The largest absolute Gasteiger partial charge is 0.338 e. The van der Waals surface area contributed by atoms with Gasteiger partial charge in [-0.2, -0.15) is 0 Å². The molecule has 0 spiro atoms. The molecular formula is C25H22ClN3O2. The number of nitrogens with zero attached hydrogens (tertiary/aromatic N) is 3. The van der Waals surface area contributed by atoms with Crippen molar-refractivity contribution in [3.63, 3.8) is 0 Å². The molecule has 5 rings (SSSR count). The van der Waals surface area contributed by atoms with Gasteiger partial charge in [0.05, 0.1) is 0 Å². The number of aromatic nitrogens is 2. The molecule has 156 valence electrons. The van der Waals surface area contributed by atoms with Crippen LogP contribution in [0.5, 0.6) is 0 Å². The molecule has 1 aromatic carbocycles. The Kier molecular flexibility index (Phi) is 5.20. The van der Waals surface area contributed by atoms with Gasteiger partial charge >= 0.3 is 0 Å². The van der Waals surface area contributed by atoms with Crippen molar-refractivity contribution < 1.29 is 4.79 Å². The molecule has 5 nitrogen and oxygen atoms in total. The smallest absolute Gasteiger partial charge is 0.253 e. The van der Waals surface area contributed by atoms with E-state index in [4.69, 9.17) is 11.6 Å². The molecule has 4 heterocycles. The van der Waals surface area contributed by atoms with Crippen molar-refractivity contribution in [3.8, 4) is 0 Å². The molecule has 0 radical (unpaired) electrons. The lowest BCUT2D eigenvalue weighted by atomic mass is 9.81. The Labute approximate surface area is 185 Å². The zero-order chi connectivity index (χ0) is 21.4. The van der Waals surface area contributed by atoms with Crippen LogP contribution in [-0.4, -0.2) is 33.4 Å². The number of hydrogen-bond donors (Lipinski definition) is 0. The molecule has 2 aliphatic heterocycles. The second-order valence-corrected chi connectivity index (χ2v) is 8.69. The van der Waals surface area contributed by atoms with Crippen LogP contribution < -0.4 is 5.56 Å². The topological polar surface area (TPSA) is 55.2 Å². The Bertz CT molecular complexity index is 1200. The molecule has 2 aliphatic rings. The first-order valence-corrected chi connectivity index (χ1v) is 10.8. The van der Waals surface area contributed by atoms with Crippen molar-refractivity contribution in [2.45, 2.75) is 18.9 Å². The first kappa shape index (κ1) is 19.8. The molecule has 0 saturated carbocycles. The van der Waals surface area contributed by atoms with Crippen LogP contribution in [0.3, 0.4) is 0 Å². The van der Waals surface area contributed by atoms with E-state index in [9.17, 15) is 9.59 Å². The second kappa shape index (κ2) is 8.16. The fourth-order valence-electron chi connectivity index (χ4n) is 4.79. The third-order valence-corrected chi connectivity index (χ3v) is 6.41. The van der Waals surface area contributed by atoms with Gasteiger partial charge in [0.15, 0.2) is 0 Å². The van der Waals surface area contributed by atoms with E-state index in [1.807, 2.05) is 45.9 Å². The van der Waals surface area contributed by atoms with Crippen LogP contribution in [0.15, 0.2) is 65.7 Å². The summed E-state index contributed by atoms with van der Waals surface area (Å²) in [7, 11) is 0. The van der Waals surface area contributed by atoms with Crippen molar-refractivity contribution in [2.24, 2.45) is 5.92 Å². The van der Waals surface area contributed by atoms with E-state index in [-0.39, 0.29) is 23.3 Å². The van der Waals surface area contributed by atoms with E-state index in [2.05, 4.69) is 11.1 Å². The van der Waals surface area contributed by atoms with Gasteiger partial charge in [0, 0.05) is 60.3 Å². The van der Waals surface area contributed by atoms with Crippen molar-refractivity contribution in [2.75, 3.05) is 13.1 Å². The maximum absolute atomic E-state index is 13.0. The molecule has 0 N–H and O–H groups in total. The minimum absolute atomic E-state index is 0.0297. The fraction of sp³-hybridized carbons (Fsp3) is 0.240. The van der Waals surface area contributed by atoms with E-state index >= 15 is 0 Å². The van der Waals surface area contributed by atoms with Gasteiger partial charge in [-0.15, -0.1) is 0 Å². The summed E-state index contributed by atoms with van der Waals surface area (Å²) in [5.74, 6) is 0.448. The van der Waals surface area contributed by atoms with Crippen molar-refractivity contribution >= 4 is 29.7 Å². The number of pyridine rings is 2. The summed E-state index contributed by atoms with van der Waals surface area (Å²) in [4.78, 5) is 31.6. The molecule has 0 unspecified atom stereocenters. The number of rotatable bonds is 3. The number of carbonyl (C=O) groups is 1. The number of likely N-dealkylation sites (tertiary alicyclic amines) is 1. The highest BCUT2D eigenvalue weighted by molar-refractivity contribution is 6.30. The molecule has 31 heavy (non-hydrogen) atoms. The first-order chi connectivity index (χ1) is 15.1. The summed E-state index contributed by atoms with van der Waals surface area (Å²) in [6, 6.07) is 14.7. The quantitative estimate of drug-likeness (QED) is 0.620. The maximum Gasteiger partial charge on any atom is 0.253 e. The highest BCUT2D eigenvalue weighted by Gasteiger charge is 2.37. The summed E-state index contributed by atoms with van der Waals surface area (Å²) in [6.45, 7) is 1.94. The lowest BCUT2D eigenvalue weighted by Crippen LogP contribution is -2.49. The Balaban J connectivity index is 1.47. The summed E-state index contributed by atoms with van der Waals surface area (Å²) in [5.41, 5.74) is 3.78. The van der Waals surface area contributed by atoms with E-state index in [1.54, 1.807) is 30.6 Å². The van der Waals surface area contributed by atoms with Crippen LogP contribution in [0.1, 0.15) is 39.5 Å². The monoisotopic (exact) mass is 431 g/mol. The maximum atomic E-state index is 13.0. The Morgan fingerprint density at radius 2 is 1.74 bits per heavy atom. The number of fused-ring (bicyclic) bond motifs is 4. The van der Waals surface area contributed by atoms with Gasteiger partial charge in [0.25, 0.3) is 11.5 Å². The number of carbonyl (C=O) groups excluding carboxylic acids is 1. The highest BCUT2D eigenvalue weighted by Crippen LogP contribution is 2.37.